The Morgan fingerprint density at radius 1 is 0.436 bits per heavy atom. The molecule has 0 atom stereocenters. The Kier molecular flexibility index (Phi) is 4.81. The van der Waals surface area contributed by atoms with Crippen LogP contribution < -0.4 is 0 Å². The largest absolute Gasteiger partial charge is 0.456 e. The lowest BCUT2D eigenvalue weighted by Gasteiger charge is -2.10. The summed E-state index contributed by atoms with van der Waals surface area (Å²) in [5.74, 6) is 1.68. The molecule has 0 unspecified atom stereocenters. The number of rotatable bonds is 3. The van der Waals surface area contributed by atoms with E-state index in [2.05, 4.69) is 12.1 Å². The third-order valence-corrected chi connectivity index (χ3v) is 7.28. The van der Waals surface area contributed by atoms with Gasteiger partial charge in [0.15, 0.2) is 17.5 Å². The van der Waals surface area contributed by atoms with E-state index in [9.17, 15) is 0 Å². The summed E-state index contributed by atoms with van der Waals surface area (Å²) in [5, 5.41) is 4.62. The van der Waals surface area contributed by atoms with Crippen molar-refractivity contribution in [2.45, 2.75) is 0 Å². The van der Waals surface area contributed by atoms with Crippen LogP contribution in [0.5, 0.6) is 0 Å². The lowest BCUT2D eigenvalue weighted by molar-refractivity contribution is 0.668. The van der Waals surface area contributed by atoms with Crippen LogP contribution in [0.4, 0.5) is 0 Å². The van der Waals surface area contributed by atoms with Crippen molar-refractivity contribution in [2.24, 2.45) is 0 Å². The Bertz CT molecular complexity index is 2060. The van der Waals surface area contributed by atoms with Gasteiger partial charge in [-0.15, -0.1) is 0 Å². The molecule has 8 rings (SSSR count). The fourth-order valence-corrected chi connectivity index (χ4v) is 5.39. The molecule has 8 aromatic rings. The van der Waals surface area contributed by atoms with Crippen molar-refractivity contribution >= 4 is 55.5 Å². The van der Waals surface area contributed by atoms with Gasteiger partial charge in [0.25, 0.3) is 0 Å². The van der Waals surface area contributed by atoms with E-state index in [1.807, 2.05) is 97.1 Å². The van der Waals surface area contributed by atoms with Crippen molar-refractivity contribution in [1.82, 2.24) is 15.0 Å². The van der Waals surface area contributed by atoms with Crippen LogP contribution in [0.15, 0.2) is 118 Å². The van der Waals surface area contributed by atoms with Gasteiger partial charge in [-0.05, 0) is 48.5 Å². The van der Waals surface area contributed by atoms with E-state index in [4.69, 9.17) is 35.4 Å². The highest BCUT2D eigenvalue weighted by atomic mass is 35.5. The molecule has 184 valence electrons. The van der Waals surface area contributed by atoms with Crippen molar-refractivity contribution in [3.05, 3.63) is 114 Å². The van der Waals surface area contributed by atoms with E-state index in [1.165, 1.54) is 0 Å². The summed E-state index contributed by atoms with van der Waals surface area (Å²) >= 11 is 6.20. The predicted octanol–water partition coefficient (Wildman–Crippen LogP) is 9.32. The molecule has 0 bridgehead atoms. The maximum atomic E-state index is 6.20. The number of halogens is 1. The second-order valence-electron chi connectivity index (χ2n) is 9.37. The molecule has 39 heavy (non-hydrogen) atoms. The standard InChI is InChI=1S/C33H18ClN3O2/c34-20-17-15-19(16-18-20)31-35-32(23-9-5-13-27-29(23)21-7-1-3-11-25(21)38-27)37-33(36-31)24-10-6-14-28-30(24)22-8-2-4-12-26(22)39-28/h1-18H. The second kappa shape index (κ2) is 8.51. The SMILES string of the molecule is Clc1ccc(-c2nc(-c3cccc4oc5ccccc5c34)nc(-c3cccc4oc5ccccc5c34)n2)cc1. The van der Waals surface area contributed by atoms with Gasteiger partial charge in [0.1, 0.15) is 22.3 Å². The first-order chi connectivity index (χ1) is 19.2. The Morgan fingerprint density at radius 2 is 0.897 bits per heavy atom. The summed E-state index contributed by atoms with van der Waals surface area (Å²) in [6.45, 7) is 0. The lowest BCUT2D eigenvalue weighted by Crippen LogP contribution is -2.00. The highest BCUT2D eigenvalue weighted by molar-refractivity contribution is 6.30. The van der Waals surface area contributed by atoms with Gasteiger partial charge in [0.05, 0.1) is 0 Å². The number of para-hydroxylation sites is 2. The Morgan fingerprint density at radius 3 is 1.44 bits per heavy atom. The molecule has 0 fully saturated rings. The molecule has 5 aromatic carbocycles. The van der Waals surface area contributed by atoms with E-state index >= 15 is 0 Å². The van der Waals surface area contributed by atoms with Crippen LogP contribution in [0.3, 0.4) is 0 Å². The number of benzene rings is 5. The van der Waals surface area contributed by atoms with Crippen LogP contribution in [0.2, 0.25) is 5.02 Å². The molecule has 0 aliphatic carbocycles. The van der Waals surface area contributed by atoms with Gasteiger partial charge in [0, 0.05) is 43.3 Å². The lowest BCUT2D eigenvalue weighted by atomic mass is 10.0. The fraction of sp³-hybridized carbons (Fsp3) is 0. The molecular weight excluding hydrogens is 506 g/mol. The van der Waals surface area contributed by atoms with Crippen LogP contribution in [-0.4, -0.2) is 15.0 Å². The average Bonchev–Trinajstić information content (AvgIpc) is 3.56. The molecule has 0 aliphatic rings. The van der Waals surface area contributed by atoms with Crippen LogP contribution in [-0.2, 0) is 0 Å². The zero-order chi connectivity index (χ0) is 25.9. The molecule has 3 aromatic heterocycles. The number of fused-ring (bicyclic) bond motifs is 6. The molecule has 0 saturated heterocycles. The Hall–Kier alpha value is -5.00. The molecular formula is C33H18ClN3O2. The van der Waals surface area contributed by atoms with E-state index in [1.54, 1.807) is 0 Å². The van der Waals surface area contributed by atoms with Crippen molar-refractivity contribution < 1.29 is 8.83 Å². The van der Waals surface area contributed by atoms with Crippen LogP contribution in [0.1, 0.15) is 0 Å². The third kappa shape index (κ3) is 3.51. The minimum Gasteiger partial charge on any atom is -0.456 e. The molecule has 0 amide bonds. The van der Waals surface area contributed by atoms with Crippen molar-refractivity contribution in [1.29, 1.82) is 0 Å². The first-order valence-corrected chi connectivity index (χ1v) is 12.9. The summed E-state index contributed by atoms with van der Waals surface area (Å²) < 4.78 is 12.3. The highest BCUT2D eigenvalue weighted by Gasteiger charge is 2.20. The third-order valence-electron chi connectivity index (χ3n) is 7.02. The summed E-state index contributed by atoms with van der Waals surface area (Å²) in [4.78, 5) is 15.0. The number of hydrogen-bond donors (Lipinski definition) is 0. The predicted molar refractivity (Wildman–Crippen MR) is 156 cm³/mol. The topological polar surface area (TPSA) is 65.0 Å². The van der Waals surface area contributed by atoms with Gasteiger partial charge < -0.3 is 8.83 Å². The number of furan rings is 2. The molecule has 5 nitrogen and oxygen atoms in total. The molecule has 0 radical (unpaired) electrons. The van der Waals surface area contributed by atoms with Gasteiger partial charge in [-0.25, -0.2) is 15.0 Å². The van der Waals surface area contributed by atoms with Crippen molar-refractivity contribution in [3.63, 3.8) is 0 Å². The summed E-state index contributed by atoms with van der Waals surface area (Å²) in [6, 6.07) is 35.5. The van der Waals surface area contributed by atoms with E-state index in [-0.39, 0.29) is 0 Å². The first-order valence-electron chi connectivity index (χ1n) is 12.6. The normalized spacial score (nSPS) is 11.7. The zero-order valence-electron chi connectivity index (χ0n) is 20.4. The molecule has 0 aliphatic heterocycles. The molecule has 0 spiro atoms. The van der Waals surface area contributed by atoms with Crippen molar-refractivity contribution in [3.8, 4) is 34.2 Å². The smallest absolute Gasteiger partial charge is 0.164 e. The maximum Gasteiger partial charge on any atom is 0.164 e. The summed E-state index contributed by atoms with van der Waals surface area (Å²) in [6.07, 6.45) is 0. The zero-order valence-corrected chi connectivity index (χ0v) is 21.2. The van der Waals surface area contributed by atoms with Crippen molar-refractivity contribution in [2.75, 3.05) is 0 Å². The molecule has 3 heterocycles. The molecule has 0 saturated carbocycles. The number of hydrogen-bond acceptors (Lipinski definition) is 5. The summed E-state index contributed by atoms with van der Waals surface area (Å²) in [5.41, 5.74) is 5.81. The average molecular weight is 524 g/mol. The van der Waals surface area contributed by atoms with Gasteiger partial charge in [-0.3, -0.25) is 0 Å². The number of nitrogens with zero attached hydrogens (tertiary/aromatic N) is 3. The second-order valence-corrected chi connectivity index (χ2v) is 9.80. The molecule has 6 heteroatoms. The van der Waals surface area contributed by atoms with E-state index < -0.39 is 0 Å². The van der Waals surface area contributed by atoms with E-state index in [0.717, 1.165) is 60.6 Å². The molecule has 0 N–H and O–H groups in total. The van der Waals surface area contributed by atoms with Crippen LogP contribution in [0.25, 0.3) is 78.0 Å². The van der Waals surface area contributed by atoms with Gasteiger partial charge >= 0.3 is 0 Å². The quantitative estimate of drug-likeness (QED) is 0.231. The van der Waals surface area contributed by atoms with E-state index in [0.29, 0.717) is 22.5 Å². The maximum absolute atomic E-state index is 6.20. The van der Waals surface area contributed by atoms with Gasteiger partial charge in [-0.2, -0.15) is 0 Å². The Balaban J connectivity index is 1.45. The van der Waals surface area contributed by atoms with Gasteiger partial charge in [0.2, 0.25) is 0 Å². The summed E-state index contributed by atoms with van der Waals surface area (Å²) in [7, 11) is 0. The highest BCUT2D eigenvalue weighted by Crippen LogP contribution is 2.39. The monoisotopic (exact) mass is 523 g/mol. The first kappa shape index (κ1) is 22.0. The minimum atomic E-state index is 0.557. The van der Waals surface area contributed by atoms with Gasteiger partial charge in [-0.1, -0.05) is 72.3 Å². The Labute approximate surface area is 227 Å². The van der Waals surface area contributed by atoms with Crippen LogP contribution in [0, 0.1) is 0 Å². The fourth-order valence-electron chi connectivity index (χ4n) is 5.27. The van der Waals surface area contributed by atoms with Crippen LogP contribution >= 0.6 is 11.6 Å². The minimum absolute atomic E-state index is 0.557. The number of aromatic nitrogens is 3.